The van der Waals surface area contributed by atoms with Gasteiger partial charge in [-0.3, -0.25) is 24.0 Å². The third-order valence-corrected chi connectivity index (χ3v) is 5.85. The van der Waals surface area contributed by atoms with Crippen LogP contribution in [0.25, 0.3) is 0 Å². The van der Waals surface area contributed by atoms with Crippen molar-refractivity contribution < 1.29 is 44.1 Å². The number of hydrogen-bond acceptors (Lipinski definition) is 8. The Balaban J connectivity index is 2.14. The Kier molecular flexibility index (Phi) is 10.4. The number of nitrogens with two attached hydrogens (primary N) is 2. The average Bonchev–Trinajstić information content (AvgIpc) is 3.32. The first-order valence-corrected chi connectivity index (χ1v) is 11.6. The number of aromatic hydroxyl groups is 1. The van der Waals surface area contributed by atoms with Gasteiger partial charge in [0.2, 0.25) is 23.6 Å². The first-order valence-electron chi connectivity index (χ1n) is 11.6. The normalized spacial score (nSPS) is 17.3. The van der Waals surface area contributed by atoms with Crippen molar-refractivity contribution in [3.63, 3.8) is 0 Å². The van der Waals surface area contributed by atoms with Gasteiger partial charge in [-0.1, -0.05) is 12.1 Å². The Morgan fingerprint density at radius 2 is 1.62 bits per heavy atom. The molecule has 14 nitrogen and oxygen atoms in total. The van der Waals surface area contributed by atoms with Gasteiger partial charge in [0.25, 0.3) is 0 Å². The zero-order chi connectivity index (χ0) is 27.7. The van der Waals surface area contributed by atoms with E-state index in [1.807, 2.05) is 0 Å². The summed E-state index contributed by atoms with van der Waals surface area (Å²) in [4.78, 5) is 73.9. The van der Waals surface area contributed by atoms with Crippen LogP contribution in [-0.4, -0.2) is 86.5 Å². The summed E-state index contributed by atoms with van der Waals surface area (Å²) in [5, 5.41) is 32.5. The predicted molar refractivity (Wildman–Crippen MR) is 127 cm³/mol. The second kappa shape index (κ2) is 13.2. The maximum Gasteiger partial charge on any atom is 0.326 e. The molecule has 9 N–H and O–H groups in total. The molecule has 37 heavy (non-hydrogen) atoms. The Labute approximate surface area is 212 Å². The number of rotatable bonds is 13. The number of carbonyl (C=O) groups is 6. The van der Waals surface area contributed by atoms with Crippen LogP contribution in [0.3, 0.4) is 0 Å². The van der Waals surface area contributed by atoms with E-state index in [4.69, 9.17) is 16.6 Å². The lowest BCUT2D eigenvalue weighted by Crippen LogP contribution is -2.58. The van der Waals surface area contributed by atoms with Gasteiger partial charge in [0, 0.05) is 13.0 Å². The second-order valence-electron chi connectivity index (χ2n) is 8.73. The molecular weight excluding hydrogens is 490 g/mol. The minimum Gasteiger partial charge on any atom is -0.508 e. The van der Waals surface area contributed by atoms with Gasteiger partial charge in [-0.05, 0) is 43.4 Å². The van der Waals surface area contributed by atoms with Gasteiger partial charge >= 0.3 is 11.9 Å². The third kappa shape index (κ3) is 8.75. The molecule has 1 aromatic carbocycles. The first-order chi connectivity index (χ1) is 17.4. The Morgan fingerprint density at radius 3 is 2.19 bits per heavy atom. The van der Waals surface area contributed by atoms with Crippen LogP contribution in [-0.2, 0) is 35.2 Å². The molecule has 1 fully saturated rings. The number of nitrogens with one attached hydrogen (secondary N) is 2. The second-order valence-corrected chi connectivity index (χ2v) is 8.73. The summed E-state index contributed by atoms with van der Waals surface area (Å²) in [7, 11) is 0. The Hall–Kier alpha value is -4.20. The van der Waals surface area contributed by atoms with E-state index in [1.165, 1.54) is 12.1 Å². The summed E-state index contributed by atoms with van der Waals surface area (Å²) in [5.41, 5.74) is 11.8. The van der Waals surface area contributed by atoms with E-state index in [-0.39, 0.29) is 31.6 Å². The van der Waals surface area contributed by atoms with Gasteiger partial charge in [-0.2, -0.15) is 0 Å². The number of nitrogens with zero attached hydrogens (tertiary/aromatic N) is 1. The van der Waals surface area contributed by atoms with Crippen LogP contribution in [0.5, 0.6) is 5.75 Å². The minimum absolute atomic E-state index is 0.0237. The zero-order valence-corrected chi connectivity index (χ0v) is 20.0. The van der Waals surface area contributed by atoms with Gasteiger partial charge in [-0.15, -0.1) is 0 Å². The minimum atomic E-state index is -1.52. The van der Waals surface area contributed by atoms with Crippen molar-refractivity contribution in [2.75, 3.05) is 6.54 Å². The lowest BCUT2D eigenvalue weighted by atomic mass is 10.0. The predicted octanol–water partition coefficient (Wildman–Crippen LogP) is -1.95. The fraction of sp³-hybridized carbons (Fsp3) is 0.478. The van der Waals surface area contributed by atoms with Crippen molar-refractivity contribution >= 4 is 35.6 Å². The van der Waals surface area contributed by atoms with E-state index < -0.39 is 72.6 Å². The third-order valence-electron chi connectivity index (χ3n) is 5.85. The molecule has 0 saturated carbocycles. The molecule has 202 valence electrons. The molecular formula is C23H31N5O9. The number of carboxylic acids is 2. The molecule has 1 aliphatic heterocycles. The highest BCUT2D eigenvalue weighted by Gasteiger charge is 2.38. The monoisotopic (exact) mass is 521 g/mol. The summed E-state index contributed by atoms with van der Waals surface area (Å²) in [6.45, 7) is 0.114. The molecule has 0 bridgehead atoms. The fourth-order valence-electron chi connectivity index (χ4n) is 3.95. The number of carboxylic acid groups (broad SMARTS) is 2. The van der Waals surface area contributed by atoms with Crippen LogP contribution in [0, 0.1) is 0 Å². The van der Waals surface area contributed by atoms with Gasteiger partial charge in [-0.25, -0.2) is 4.79 Å². The lowest BCUT2D eigenvalue weighted by molar-refractivity contribution is -0.150. The first kappa shape index (κ1) is 29.0. The molecule has 0 aromatic heterocycles. The molecule has 4 atom stereocenters. The van der Waals surface area contributed by atoms with Crippen LogP contribution in [0.2, 0.25) is 0 Å². The van der Waals surface area contributed by atoms with Crippen LogP contribution in [0.4, 0.5) is 0 Å². The van der Waals surface area contributed by atoms with Gasteiger partial charge in [0.05, 0.1) is 12.5 Å². The highest BCUT2D eigenvalue weighted by molar-refractivity contribution is 5.96. The van der Waals surface area contributed by atoms with Crippen LogP contribution in [0.1, 0.15) is 37.7 Å². The van der Waals surface area contributed by atoms with Crippen molar-refractivity contribution in [2.45, 2.75) is 62.7 Å². The number of aliphatic carboxylic acids is 2. The van der Waals surface area contributed by atoms with Crippen molar-refractivity contribution in [3.05, 3.63) is 29.8 Å². The molecule has 4 amide bonds. The maximum atomic E-state index is 13.0. The molecule has 1 saturated heterocycles. The van der Waals surface area contributed by atoms with Crippen molar-refractivity contribution in [1.82, 2.24) is 15.5 Å². The van der Waals surface area contributed by atoms with Crippen LogP contribution < -0.4 is 22.1 Å². The number of primary amides is 1. The molecule has 0 radical (unpaired) electrons. The summed E-state index contributed by atoms with van der Waals surface area (Å²) in [5.74, 6) is -5.96. The topological polar surface area (TPSA) is 242 Å². The fourth-order valence-corrected chi connectivity index (χ4v) is 3.95. The summed E-state index contributed by atoms with van der Waals surface area (Å²) >= 11 is 0. The Morgan fingerprint density at radius 1 is 1.00 bits per heavy atom. The molecule has 0 aliphatic carbocycles. The quantitative estimate of drug-likeness (QED) is 0.151. The zero-order valence-electron chi connectivity index (χ0n) is 20.0. The highest BCUT2D eigenvalue weighted by Crippen LogP contribution is 2.20. The Bertz CT molecular complexity index is 1030. The molecule has 14 heteroatoms. The smallest absolute Gasteiger partial charge is 0.326 e. The van der Waals surface area contributed by atoms with E-state index in [9.17, 15) is 39.0 Å². The number of amides is 4. The van der Waals surface area contributed by atoms with E-state index in [0.717, 1.165) is 4.90 Å². The summed E-state index contributed by atoms with van der Waals surface area (Å²) in [6, 6.07) is 0.731. The SMILES string of the molecule is NC(=O)CC(NC(=O)C(N)Cc1ccc(O)cc1)C(=O)NC(CCC(=O)O)C(=O)N1CCCC1C(=O)O. The van der Waals surface area contributed by atoms with Crippen LogP contribution in [0.15, 0.2) is 24.3 Å². The molecule has 1 aliphatic rings. The highest BCUT2D eigenvalue weighted by atomic mass is 16.4. The maximum absolute atomic E-state index is 13.0. The van der Waals surface area contributed by atoms with Gasteiger partial charge in [0.1, 0.15) is 23.9 Å². The molecule has 2 rings (SSSR count). The van der Waals surface area contributed by atoms with Gasteiger partial charge < -0.3 is 42.3 Å². The van der Waals surface area contributed by atoms with Crippen LogP contribution >= 0.6 is 0 Å². The number of phenolic OH excluding ortho intramolecular Hbond substituents is 1. The standard InChI is InChI=1S/C23H31N5O9/c24-14(10-12-3-5-13(29)6-4-12)20(33)27-16(11-18(25)30)21(34)26-15(7-8-19(31)32)22(35)28-9-1-2-17(28)23(36)37/h3-6,14-17,29H,1-2,7-11,24H2,(H2,25,30)(H,26,34)(H,27,33)(H,31,32)(H,36,37). The van der Waals surface area contributed by atoms with Crippen molar-refractivity contribution in [2.24, 2.45) is 11.5 Å². The van der Waals surface area contributed by atoms with E-state index in [2.05, 4.69) is 10.6 Å². The molecule has 1 aromatic rings. The summed E-state index contributed by atoms with van der Waals surface area (Å²) in [6.07, 6.45) is -0.818. The van der Waals surface area contributed by atoms with E-state index >= 15 is 0 Å². The number of hydrogen-bond donors (Lipinski definition) is 7. The van der Waals surface area contributed by atoms with Crippen molar-refractivity contribution in [3.8, 4) is 5.75 Å². The number of likely N-dealkylation sites (tertiary alicyclic amines) is 1. The number of carbonyl (C=O) groups excluding carboxylic acids is 4. The average molecular weight is 522 g/mol. The lowest BCUT2D eigenvalue weighted by Gasteiger charge is -2.28. The number of phenols is 1. The van der Waals surface area contributed by atoms with E-state index in [1.54, 1.807) is 12.1 Å². The van der Waals surface area contributed by atoms with E-state index in [0.29, 0.717) is 12.0 Å². The molecule has 0 spiro atoms. The van der Waals surface area contributed by atoms with Crippen molar-refractivity contribution in [1.29, 1.82) is 0 Å². The summed E-state index contributed by atoms with van der Waals surface area (Å²) < 4.78 is 0. The molecule has 1 heterocycles. The molecule has 4 unspecified atom stereocenters. The van der Waals surface area contributed by atoms with Gasteiger partial charge in [0.15, 0.2) is 0 Å². The number of benzene rings is 1. The largest absolute Gasteiger partial charge is 0.508 e.